The molecule has 2 atom stereocenters. The Morgan fingerprint density at radius 1 is 1.05 bits per heavy atom. The van der Waals surface area contributed by atoms with Gasteiger partial charge in [0, 0.05) is 55.1 Å². The third-order valence-corrected chi connectivity index (χ3v) is 5.08. The lowest BCUT2D eigenvalue weighted by Gasteiger charge is -2.45. The summed E-state index contributed by atoms with van der Waals surface area (Å²) in [6, 6.07) is 11.6. The highest BCUT2D eigenvalue weighted by Crippen LogP contribution is 2.35. The Morgan fingerprint density at radius 2 is 2.05 bits per heavy atom. The molecule has 1 aromatic carbocycles. The molecule has 0 bridgehead atoms. The lowest BCUT2D eigenvalue weighted by atomic mass is 9.91. The molecule has 3 aromatic rings. The monoisotopic (exact) mass is 290 g/mol. The molecule has 110 valence electrons. The number of H-pyrrole nitrogens is 1. The number of fused-ring (bicyclic) bond motifs is 2. The normalized spacial score (nSPS) is 23.5. The predicted molar refractivity (Wildman–Crippen MR) is 89.0 cm³/mol. The summed E-state index contributed by atoms with van der Waals surface area (Å²) in [7, 11) is 0. The van der Waals surface area contributed by atoms with Gasteiger partial charge in [-0.3, -0.25) is 4.98 Å². The van der Waals surface area contributed by atoms with Crippen molar-refractivity contribution in [3.8, 4) is 11.1 Å². The van der Waals surface area contributed by atoms with Crippen LogP contribution in [-0.2, 0) is 0 Å². The van der Waals surface area contributed by atoms with Crippen molar-refractivity contribution in [3.63, 3.8) is 0 Å². The van der Waals surface area contributed by atoms with Crippen LogP contribution in [0.15, 0.2) is 48.9 Å². The molecule has 0 unspecified atom stereocenters. The van der Waals surface area contributed by atoms with Crippen LogP contribution >= 0.6 is 0 Å². The molecule has 0 aliphatic carbocycles. The molecule has 2 saturated heterocycles. The molecule has 2 aliphatic rings. The van der Waals surface area contributed by atoms with Crippen molar-refractivity contribution in [2.75, 3.05) is 24.5 Å². The van der Waals surface area contributed by atoms with Crippen LogP contribution in [0.1, 0.15) is 0 Å². The first-order chi connectivity index (χ1) is 10.9. The van der Waals surface area contributed by atoms with Gasteiger partial charge in [-0.2, -0.15) is 0 Å². The number of nitrogens with zero attached hydrogens (tertiary/aromatic N) is 2. The zero-order valence-electron chi connectivity index (χ0n) is 12.3. The number of hydrogen-bond donors (Lipinski definition) is 2. The van der Waals surface area contributed by atoms with E-state index in [-0.39, 0.29) is 0 Å². The number of aromatic nitrogens is 2. The molecule has 22 heavy (non-hydrogen) atoms. The van der Waals surface area contributed by atoms with Gasteiger partial charge in [-0.05, 0) is 35.2 Å². The SMILES string of the molecule is c1cc2cc(-c3cncc(N4C[C@H]5CNC[C@H]54)c3)ccc2[nH]1. The molecular formula is C18H18N4. The van der Waals surface area contributed by atoms with E-state index in [1.165, 1.54) is 34.3 Å². The van der Waals surface area contributed by atoms with Gasteiger partial charge in [0.2, 0.25) is 0 Å². The van der Waals surface area contributed by atoms with Gasteiger partial charge >= 0.3 is 0 Å². The molecule has 2 aliphatic heterocycles. The van der Waals surface area contributed by atoms with Gasteiger partial charge in [-0.1, -0.05) is 6.07 Å². The van der Waals surface area contributed by atoms with E-state index in [0.717, 1.165) is 19.0 Å². The Hall–Kier alpha value is -2.33. The van der Waals surface area contributed by atoms with Crippen LogP contribution in [0.3, 0.4) is 0 Å². The Morgan fingerprint density at radius 3 is 3.00 bits per heavy atom. The number of hydrogen-bond acceptors (Lipinski definition) is 3. The van der Waals surface area contributed by atoms with Crippen LogP contribution in [0.5, 0.6) is 0 Å². The van der Waals surface area contributed by atoms with Crippen molar-refractivity contribution in [1.82, 2.24) is 15.3 Å². The third-order valence-electron chi connectivity index (χ3n) is 5.08. The van der Waals surface area contributed by atoms with E-state index in [2.05, 4.69) is 50.5 Å². The minimum atomic E-state index is 0.657. The van der Waals surface area contributed by atoms with Gasteiger partial charge in [0.1, 0.15) is 0 Å². The lowest BCUT2D eigenvalue weighted by molar-refractivity contribution is 0.365. The van der Waals surface area contributed by atoms with Crippen molar-refractivity contribution < 1.29 is 0 Å². The average Bonchev–Trinajstić information content (AvgIpc) is 3.14. The molecule has 0 amide bonds. The van der Waals surface area contributed by atoms with Crippen molar-refractivity contribution in [2.45, 2.75) is 6.04 Å². The second-order valence-electron chi connectivity index (χ2n) is 6.35. The summed E-state index contributed by atoms with van der Waals surface area (Å²) in [5, 5.41) is 4.72. The summed E-state index contributed by atoms with van der Waals surface area (Å²) in [5.74, 6) is 0.819. The summed E-state index contributed by atoms with van der Waals surface area (Å²) in [5.41, 5.74) is 4.84. The van der Waals surface area contributed by atoms with Crippen molar-refractivity contribution in [2.24, 2.45) is 5.92 Å². The Kier molecular flexibility index (Phi) is 2.55. The first kappa shape index (κ1) is 12.2. The highest BCUT2D eigenvalue weighted by Gasteiger charge is 2.42. The summed E-state index contributed by atoms with van der Waals surface area (Å²) in [6.07, 6.45) is 5.94. The van der Waals surface area contributed by atoms with Gasteiger partial charge in [-0.15, -0.1) is 0 Å². The summed E-state index contributed by atoms with van der Waals surface area (Å²) < 4.78 is 0. The molecule has 4 heteroatoms. The van der Waals surface area contributed by atoms with E-state index in [9.17, 15) is 0 Å². The van der Waals surface area contributed by atoms with E-state index >= 15 is 0 Å². The molecule has 4 heterocycles. The van der Waals surface area contributed by atoms with E-state index in [0.29, 0.717) is 6.04 Å². The van der Waals surface area contributed by atoms with E-state index in [1.54, 1.807) is 0 Å². The largest absolute Gasteiger partial charge is 0.365 e. The van der Waals surface area contributed by atoms with Gasteiger partial charge in [-0.25, -0.2) is 0 Å². The molecule has 4 nitrogen and oxygen atoms in total. The molecule has 0 radical (unpaired) electrons. The van der Waals surface area contributed by atoms with Crippen molar-refractivity contribution in [3.05, 3.63) is 48.9 Å². The molecular weight excluding hydrogens is 272 g/mol. The second-order valence-corrected chi connectivity index (χ2v) is 6.35. The van der Waals surface area contributed by atoms with Gasteiger partial charge < -0.3 is 15.2 Å². The first-order valence-corrected chi connectivity index (χ1v) is 7.88. The quantitative estimate of drug-likeness (QED) is 0.762. The maximum absolute atomic E-state index is 4.48. The number of aromatic amines is 1. The van der Waals surface area contributed by atoms with Crippen LogP contribution in [0.2, 0.25) is 0 Å². The molecule has 0 spiro atoms. The van der Waals surface area contributed by atoms with Crippen molar-refractivity contribution >= 4 is 16.6 Å². The summed E-state index contributed by atoms with van der Waals surface area (Å²) >= 11 is 0. The number of nitrogens with one attached hydrogen (secondary N) is 2. The maximum atomic E-state index is 4.48. The molecule has 2 aromatic heterocycles. The molecule has 5 rings (SSSR count). The Labute approximate surface area is 129 Å². The number of pyridine rings is 1. The second kappa shape index (κ2) is 4.58. The summed E-state index contributed by atoms with van der Waals surface area (Å²) in [6.45, 7) is 3.42. The smallest absolute Gasteiger partial charge is 0.0562 e. The fourth-order valence-corrected chi connectivity index (χ4v) is 3.79. The first-order valence-electron chi connectivity index (χ1n) is 7.88. The van der Waals surface area contributed by atoms with Gasteiger partial charge in [0.05, 0.1) is 11.9 Å². The molecule has 2 fully saturated rings. The van der Waals surface area contributed by atoms with Crippen molar-refractivity contribution in [1.29, 1.82) is 0 Å². The maximum Gasteiger partial charge on any atom is 0.0562 e. The fourth-order valence-electron chi connectivity index (χ4n) is 3.79. The average molecular weight is 290 g/mol. The van der Waals surface area contributed by atoms with Crippen LogP contribution in [0.4, 0.5) is 5.69 Å². The van der Waals surface area contributed by atoms with Crippen LogP contribution in [0.25, 0.3) is 22.0 Å². The topological polar surface area (TPSA) is 44.0 Å². The predicted octanol–water partition coefficient (Wildman–Crippen LogP) is 2.64. The van der Waals surface area contributed by atoms with E-state index in [1.807, 2.05) is 18.6 Å². The fraction of sp³-hybridized carbons (Fsp3) is 0.278. The molecule has 0 saturated carbocycles. The standard InChI is InChI=1S/C18H18N4/c1-2-17-13(3-4-21-17)5-12(1)14-6-16(9-19-7-14)22-11-15-8-20-10-18(15)22/h1-7,9,15,18,20-21H,8,10-11H2/t15-,18-/m1/s1. The highest BCUT2D eigenvalue weighted by atomic mass is 15.3. The summed E-state index contributed by atoms with van der Waals surface area (Å²) in [4.78, 5) is 10.2. The van der Waals surface area contributed by atoms with E-state index in [4.69, 9.17) is 0 Å². The zero-order valence-corrected chi connectivity index (χ0v) is 12.3. The highest BCUT2D eigenvalue weighted by molar-refractivity contribution is 5.85. The van der Waals surface area contributed by atoms with Crippen LogP contribution in [-0.4, -0.2) is 35.6 Å². The van der Waals surface area contributed by atoms with Crippen LogP contribution in [0, 0.1) is 5.92 Å². The number of benzene rings is 1. The minimum Gasteiger partial charge on any atom is -0.365 e. The minimum absolute atomic E-state index is 0.657. The van der Waals surface area contributed by atoms with Gasteiger partial charge in [0.15, 0.2) is 0 Å². The van der Waals surface area contributed by atoms with Crippen LogP contribution < -0.4 is 10.2 Å². The lowest BCUT2D eigenvalue weighted by Crippen LogP contribution is -2.55. The number of rotatable bonds is 2. The molecule has 2 N–H and O–H groups in total. The Bertz CT molecular complexity index is 838. The zero-order chi connectivity index (χ0) is 14.5. The third kappa shape index (κ3) is 1.77. The number of anilines is 1. The van der Waals surface area contributed by atoms with E-state index < -0.39 is 0 Å². The van der Waals surface area contributed by atoms with Gasteiger partial charge in [0.25, 0.3) is 0 Å². The Balaban J connectivity index is 1.51.